The van der Waals surface area contributed by atoms with Crippen molar-refractivity contribution in [3.05, 3.63) is 166 Å². The molecule has 0 saturated heterocycles. The van der Waals surface area contributed by atoms with Crippen molar-refractivity contribution in [2.45, 2.75) is 17.1 Å². The first kappa shape index (κ1) is 36.1. The standard InChI is InChI=1S/C41H33ClN4O4S2/c1-2-50-36-20-12-9-17-29(36)25-34(44-38(47)28-15-7-4-8-16-28)39(48)43-30-21-23-31(24-22-30)52-37(27-13-5-3-6-14-27)40(49)46-41-45-35(26-51-41)32-18-10-11-19-33(32)42/h3-26,37H,2H2,1H3,(H,43,48)(H,44,47)(H,45,46,49)/b34-25-. The molecule has 3 N–H and O–H groups in total. The zero-order valence-corrected chi connectivity index (χ0v) is 30.3. The Kier molecular flexibility index (Phi) is 12.2. The molecule has 3 amide bonds. The fraction of sp³-hybridized carbons (Fsp3) is 0.0732. The molecule has 0 saturated carbocycles. The second kappa shape index (κ2) is 17.5. The predicted octanol–water partition coefficient (Wildman–Crippen LogP) is 9.74. The quantitative estimate of drug-likeness (QED) is 0.0803. The highest BCUT2D eigenvalue weighted by atomic mass is 35.5. The largest absolute Gasteiger partial charge is 0.493 e. The lowest BCUT2D eigenvalue weighted by atomic mass is 10.1. The van der Waals surface area contributed by atoms with Crippen molar-refractivity contribution in [2.24, 2.45) is 0 Å². The summed E-state index contributed by atoms with van der Waals surface area (Å²) in [5.41, 5.74) is 3.89. The van der Waals surface area contributed by atoms with Crippen LogP contribution in [0.3, 0.4) is 0 Å². The molecule has 11 heteroatoms. The molecule has 6 rings (SSSR count). The predicted molar refractivity (Wildman–Crippen MR) is 211 cm³/mol. The fourth-order valence-electron chi connectivity index (χ4n) is 5.13. The molecule has 52 heavy (non-hydrogen) atoms. The molecule has 0 aliphatic heterocycles. The van der Waals surface area contributed by atoms with E-state index >= 15 is 0 Å². The number of benzene rings is 5. The van der Waals surface area contributed by atoms with Gasteiger partial charge in [0.2, 0.25) is 5.91 Å². The van der Waals surface area contributed by atoms with Crippen molar-refractivity contribution in [3.8, 4) is 17.0 Å². The van der Waals surface area contributed by atoms with Crippen LogP contribution in [0.25, 0.3) is 17.3 Å². The van der Waals surface area contributed by atoms with Crippen LogP contribution in [0.4, 0.5) is 10.8 Å². The Morgan fingerprint density at radius 3 is 2.23 bits per heavy atom. The van der Waals surface area contributed by atoms with Crippen LogP contribution in [-0.4, -0.2) is 29.3 Å². The summed E-state index contributed by atoms with van der Waals surface area (Å²) in [6, 6.07) is 40.1. The number of amides is 3. The molecule has 6 aromatic rings. The number of ether oxygens (including phenoxy) is 1. The fourth-order valence-corrected chi connectivity index (χ4v) is 7.10. The van der Waals surface area contributed by atoms with Crippen LogP contribution in [0.5, 0.6) is 5.75 Å². The van der Waals surface area contributed by atoms with E-state index < -0.39 is 17.1 Å². The molecule has 260 valence electrons. The summed E-state index contributed by atoms with van der Waals surface area (Å²) < 4.78 is 5.75. The van der Waals surface area contributed by atoms with Gasteiger partial charge in [0.25, 0.3) is 11.8 Å². The van der Waals surface area contributed by atoms with Crippen molar-refractivity contribution in [1.82, 2.24) is 10.3 Å². The minimum absolute atomic E-state index is 0.0418. The van der Waals surface area contributed by atoms with Crippen LogP contribution in [0.2, 0.25) is 5.02 Å². The summed E-state index contributed by atoms with van der Waals surface area (Å²) in [4.78, 5) is 45.9. The number of thiazole rings is 1. The van der Waals surface area contributed by atoms with E-state index in [1.807, 2.05) is 97.2 Å². The molecule has 1 atom stereocenters. The van der Waals surface area contributed by atoms with Crippen LogP contribution in [-0.2, 0) is 9.59 Å². The summed E-state index contributed by atoms with van der Waals surface area (Å²) >= 11 is 9.07. The van der Waals surface area contributed by atoms with Crippen molar-refractivity contribution in [2.75, 3.05) is 17.2 Å². The van der Waals surface area contributed by atoms with Crippen molar-refractivity contribution < 1.29 is 19.1 Å². The van der Waals surface area contributed by atoms with E-state index in [0.717, 1.165) is 16.0 Å². The van der Waals surface area contributed by atoms with E-state index in [-0.39, 0.29) is 11.6 Å². The van der Waals surface area contributed by atoms with Crippen LogP contribution >= 0.6 is 34.7 Å². The number of para-hydroxylation sites is 1. The first-order chi connectivity index (χ1) is 25.4. The lowest BCUT2D eigenvalue weighted by molar-refractivity contribution is -0.116. The molecule has 0 radical (unpaired) electrons. The zero-order valence-electron chi connectivity index (χ0n) is 27.9. The van der Waals surface area contributed by atoms with Gasteiger partial charge in [-0.25, -0.2) is 4.98 Å². The normalized spacial score (nSPS) is 11.7. The van der Waals surface area contributed by atoms with E-state index in [1.54, 1.807) is 54.6 Å². The lowest BCUT2D eigenvalue weighted by Gasteiger charge is -2.17. The van der Waals surface area contributed by atoms with Gasteiger partial charge in [-0.1, -0.05) is 96.5 Å². The summed E-state index contributed by atoms with van der Waals surface area (Å²) in [7, 11) is 0. The molecule has 0 aliphatic rings. The Labute approximate surface area is 314 Å². The Bertz CT molecular complexity index is 2190. The van der Waals surface area contributed by atoms with Gasteiger partial charge in [-0.2, -0.15) is 0 Å². The molecular weight excluding hydrogens is 712 g/mol. The van der Waals surface area contributed by atoms with Gasteiger partial charge in [0.05, 0.1) is 12.3 Å². The van der Waals surface area contributed by atoms with Gasteiger partial charge in [-0.3, -0.25) is 14.4 Å². The number of carbonyl (C=O) groups excluding carboxylic acids is 3. The van der Waals surface area contributed by atoms with E-state index in [4.69, 9.17) is 16.3 Å². The van der Waals surface area contributed by atoms with E-state index in [1.165, 1.54) is 23.1 Å². The van der Waals surface area contributed by atoms with Crippen LogP contribution in [0, 0.1) is 0 Å². The van der Waals surface area contributed by atoms with Gasteiger partial charge in [0, 0.05) is 37.7 Å². The number of aromatic nitrogens is 1. The first-order valence-electron chi connectivity index (χ1n) is 16.3. The zero-order chi connectivity index (χ0) is 36.3. The number of thioether (sulfide) groups is 1. The molecule has 0 spiro atoms. The van der Waals surface area contributed by atoms with Crippen LogP contribution in [0.15, 0.2) is 149 Å². The summed E-state index contributed by atoms with van der Waals surface area (Å²) in [6.45, 7) is 2.32. The maximum atomic E-state index is 13.7. The maximum Gasteiger partial charge on any atom is 0.272 e. The highest BCUT2D eigenvalue weighted by Gasteiger charge is 2.24. The topological polar surface area (TPSA) is 109 Å². The van der Waals surface area contributed by atoms with Gasteiger partial charge in [-0.15, -0.1) is 23.1 Å². The van der Waals surface area contributed by atoms with Crippen molar-refractivity contribution >= 4 is 69.3 Å². The monoisotopic (exact) mass is 744 g/mol. The number of anilines is 2. The molecule has 8 nitrogen and oxygen atoms in total. The summed E-state index contributed by atoms with van der Waals surface area (Å²) in [5, 5.41) is 10.9. The number of carbonyl (C=O) groups is 3. The van der Waals surface area contributed by atoms with E-state index in [2.05, 4.69) is 20.9 Å². The van der Waals surface area contributed by atoms with Gasteiger partial charge < -0.3 is 20.7 Å². The number of hydrogen-bond acceptors (Lipinski definition) is 7. The van der Waals surface area contributed by atoms with Gasteiger partial charge in [0.1, 0.15) is 16.7 Å². The third kappa shape index (κ3) is 9.35. The number of nitrogens with one attached hydrogen (secondary N) is 3. The first-order valence-corrected chi connectivity index (χ1v) is 18.5. The second-order valence-corrected chi connectivity index (χ2v) is 13.7. The Hall–Kier alpha value is -5.68. The lowest BCUT2D eigenvalue weighted by Crippen LogP contribution is -2.30. The summed E-state index contributed by atoms with van der Waals surface area (Å²) in [5.74, 6) is -0.591. The number of hydrogen-bond donors (Lipinski definition) is 3. The Balaban J connectivity index is 1.19. The van der Waals surface area contributed by atoms with Gasteiger partial charge in [0.15, 0.2) is 5.13 Å². The minimum atomic E-state index is -0.595. The maximum absolute atomic E-state index is 13.7. The van der Waals surface area contributed by atoms with Crippen LogP contribution < -0.4 is 20.7 Å². The highest BCUT2D eigenvalue weighted by Crippen LogP contribution is 2.38. The van der Waals surface area contributed by atoms with Crippen molar-refractivity contribution in [1.29, 1.82) is 0 Å². The van der Waals surface area contributed by atoms with Crippen molar-refractivity contribution in [3.63, 3.8) is 0 Å². The average Bonchev–Trinajstić information content (AvgIpc) is 3.63. The molecule has 0 bridgehead atoms. The smallest absolute Gasteiger partial charge is 0.272 e. The van der Waals surface area contributed by atoms with Crippen LogP contribution in [0.1, 0.15) is 33.7 Å². The number of rotatable bonds is 13. The molecule has 1 aromatic heterocycles. The van der Waals surface area contributed by atoms with E-state index in [9.17, 15) is 14.4 Å². The Morgan fingerprint density at radius 2 is 1.50 bits per heavy atom. The second-order valence-electron chi connectivity index (χ2n) is 11.2. The number of halogens is 1. The number of nitrogens with zero attached hydrogens (tertiary/aromatic N) is 1. The van der Waals surface area contributed by atoms with E-state index in [0.29, 0.717) is 45.0 Å². The third-order valence-corrected chi connectivity index (χ3v) is 9.99. The minimum Gasteiger partial charge on any atom is -0.493 e. The summed E-state index contributed by atoms with van der Waals surface area (Å²) in [6.07, 6.45) is 1.59. The van der Waals surface area contributed by atoms with Gasteiger partial charge >= 0.3 is 0 Å². The Morgan fingerprint density at radius 1 is 0.827 bits per heavy atom. The molecule has 1 heterocycles. The third-order valence-electron chi connectivity index (χ3n) is 7.64. The molecule has 0 aliphatic carbocycles. The SMILES string of the molecule is CCOc1ccccc1/C=C(\NC(=O)c1ccccc1)C(=O)Nc1ccc(SC(C(=O)Nc2nc(-c3ccccc3Cl)cs2)c2ccccc2)cc1. The molecule has 5 aromatic carbocycles. The molecular formula is C41H33ClN4O4S2. The average molecular weight is 745 g/mol. The molecule has 0 fully saturated rings. The molecule has 1 unspecified atom stereocenters. The van der Waals surface area contributed by atoms with Gasteiger partial charge in [-0.05, 0) is 67.1 Å². The highest BCUT2D eigenvalue weighted by molar-refractivity contribution is 8.00.